The van der Waals surface area contributed by atoms with E-state index in [1.54, 1.807) is 0 Å². The lowest BCUT2D eigenvalue weighted by Gasteiger charge is -2.23. The summed E-state index contributed by atoms with van der Waals surface area (Å²) in [7, 11) is 0. The summed E-state index contributed by atoms with van der Waals surface area (Å²) in [4.78, 5) is 0. The van der Waals surface area contributed by atoms with Gasteiger partial charge in [-0.1, -0.05) is 31.1 Å². The van der Waals surface area contributed by atoms with Gasteiger partial charge >= 0.3 is 0 Å². The van der Waals surface area contributed by atoms with Crippen LogP contribution in [0.1, 0.15) is 45.6 Å². The summed E-state index contributed by atoms with van der Waals surface area (Å²) >= 11 is 0. The first kappa shape index (κ1) is 12.2. The van der Waals surface area contributed by atoms with Gasteiger partial charge in [-0.05, 0) is 56.9 Å². The van der Waals surface area contributed by atoms with Gasteiger partial charge < -0.3 is 4.74 Å². The average molecular weight is 230 g/mol. The van der Waals surface area contributed by atoms with Crippen LogP contribution in [0.2, 0.25) is 0 Å². The van der Waals surface area contributed by atoms with Crippen molar-refractivity contribution in [3.8, 4) is 5.75 Å². The Morgan fingerprint density at radius 2 is 1.82 bits per heavy atom. The zero-order valence-electron chi connectivity index (χ0n) is 11.1. The van der Waals surface area contributed by atoms with Crippen LogP contribution in [0.5, 0.6) is 5.75 Å². The molecule has 0 aliphatic heterocycles. The van der Waals surface area contributed by atoms with Gasteiger partial charge in [0.1, 0.15) is 11.4 Å². The molecule has 1 saturated carbocycles. The van der Waals surface area contributed by atoms with Gasteiger partial charge in [-0.3, -0.25) is 0 Å². The molecule has 0 spiro atoms. The van der Waals surface area contributed by atoms with Gasteiger partial charge in [-0.2, -0.15) is 0 Å². The minimum Gasteiger partial charge on any atom is -0.484 e. The van der Waals surface area contributed by atoms with Crippen LogP contribution in [0.4, 0.5) is 0 Å². The molecule has 1 fully saturated rings. The molecule has 0 N–H and O–H groups in total. The Hall–Kier alpha value is -1.24. The topological polar surface area (TPSA) is 9.23 Å². The monoisotopic (exact) mass is 230 g/mol. The molecule has 17 heavy (non-hydrogen) atoms. The van der Waals surface area contributed by atoms with E-state index in [0.717, 1.165) is 12.2 Å². The minimum atomic E-state index is -0.182. The molecule has 0 aromatic heterocycles. The molecule has 1 aliphatic rings. The van der Waals surface area contributed by atoms with Crippen molar-refractivity contribution in [1.82, 2.24) is 0 Å². The fraction of sp³-hybridized carbons (Fsp3) is 0.500. The summed E-state index contributed by atoms with van der Waals surface area (Å²) in [5.41, 5.74) is 2.73. The summed E-state index contributed by atoms with van der Waals surface area (Å²) in [6.07, 6.45) is 7.10. The molecule has 1 aromatic carbocycles. The van der Waals surface area contributed by atoms with Crippen molar-refractivity contribution in [1.29, 1.82) is 0 Å². The first-order valence-corrected chi connectivity index (χ1v) is 6.57. The molecule has 1 heteroatoms. The second-order valence-electron chi connectivity index (χ2n) is 5.40. The SMILES string of the molecule is CCCc1ccc(OC(C)(C)C=C2CC2)cc1. The highest BCUT2D eigenvalue weighted by molar-refractivity contribution is 5.29. The van der Waals surface area contributed by atoms with Gasteiger partial charge in [0.2, 0.25) is 0 Å². The fourth-order valence-electron chi connectivity index (χ4n) is 2.05. The predicted molar refractivity (Wildman–Crippen MR) is 72.5 cm³/mol. The standard InChI is InChI=1S/C16H22O/c1-4-5-13-8-10-15(11-9-13)17-16(2,3)12-14-6-7-14/h8-12H,4-7H2,1-3H3. The van der Waals surface area contributed by atoms with Crippen LogP contribution in [0.15, 0.2) is 35.9 Å². The number of rotatable bonds is 5. The Kier molecular flexibility index (Phi) is 3.56. The molecular formula is C16H22O. The van der Waals surface area contributed by atoms with E-state index in [-0.39, 0.29) is 5.60 Å². The Morgan fingerprint density at radius 1 is 1.18 bits per heavy atom. The Balaban J connectivity index is 2.00. The van der Waals surface area contributed by atoms with E-state index in [1.165, 1.54) is 30.4 Å². The molecule has 1 nitrogen and oxygen atoms in total. The van der Waals surface area contributed by atoms with Gasteiger partial charge in [0.05, 0.1) is 0 Å². The maximum Gasteiger partial charge on any atom is 0.122 e. The van der Waals surface area contributed by atoms with Crippen molar-refractivity contribution in [2.24, 2.45) is 0 Å². The van der Waals surface area contributed by atoms with Crippen LogP contribution in [-0.2, 0) is 6.42 Å². The van der Waals surface area contributed by atoms with Crippen molar-refractivity contribution in [2.75, 3.05) is 0 Å². The van der Waals surface area contributed by atoms with Crippen LogP contribution in [-0.4, -0.2) is 5.60 Å². The fourth-order valence-corrected chi connectivity index (χ4v) is 2.05. The van der Waals surface area contributed by atoms with Crippen molar-refractivity contribution in [3.63, 3.8) is 0 Å². The number of hydrogen-bond acceptors (Lipinski definition) is 1. The predicted octanol–water partition coefficient (Wildman–Crippen LogP) is 4.52. The van der Waals surface area contributed by atoms with Crippen molar-refractivity contribution >= 4 is 0 Å². The van der Waals surface area contributed by atoms with Gasteiger partial charge in [-0.15, -0.1) is 0 Å². The van der Waals surface area contributed by atoms with Crippen LogP contribution in [0.3, 0.4) is 0 Å². The zero-order chi connectivity index (χ0) is 12.3. The average Bonchev–Trinajstić information content (AvgIpc) is 3.04. The molecule has 0 heterocycles. The molecular weight excluding hydrogens is 208 g/mol. The van der Waals surface area contributed by atoms with Crippen molar-refractivity contribution < 1.29 is 4.74 Å². The molecule has 0 radical (unpaired) electrons. The van der Waals surface area contributed by atoms with Crippen LogP contribution in [0, 0.1) is 0 Å². The second-order valence-corrected chi connectivity index (χ2v) is 5.40. The molecule has 0 atom stereocenters. The maximum absolute atomic E-state index is 6.01. The third-order valence-electron chi connectivity index (χ3n) is 2.93. The number of hydrogen-bond donors (Lipinski definition) is 0. The van der Waals surface area contributed by atoms with E-state index in [1.807, 2.05) is 0 Å². The first-order valence-electron chi connectivity index (χ1n) is 6.57. The Bertz CT molecular complexity index is 392. The van der Waals surface area contributed by atoms with Gasteiger partial charge in [0.15, 0.2) is 0 Å². The molecule has 92 valence electrons. The summed E-state index contributed by atoms with van der Waals surface area (Å²) < 4.78 is 6.01. The number of allylic oxidation sites excluding steroid dienone is 1. The lowest BCUT2D eigenvalue weighted by molar-refractivity contribution is 0.161. The molecule has 0 saturated heterocycles. The van der Waals surface area contributed by atoms with Crippen LogP contribution >= 0.6 is 0 Å². The normalized spacial score (nSPS) is 14.6. The van der Waals surface area contributed by atoms with Gasteiger partial charge in [0, 0.05) is 0 Å². The van der Waals surface area contributed by atoms with E-state index >= 15 is 0 Å². The summed E-state index contributed by atoms with van der Waals surface area (Å²) in [5, 5.41) is 0. The molecule has 0 unspecified atom stereocenters. The molecule has 0 bridgehead atoms. The van der Waals surface area contributed by atoms with E-state index in [9.17, 15) is 0 Å². The Morgan fingerprint density at radius 3 is 2.35 bits per heavy atom. The van der Waals surface area contributed by atoms with Crippen LogP contribution in [0.25, 0.3) is 0 Å². The largest absolute Gasteiger partial charge is 0.484 e. The first-order chi connectivity index (χ1) is 8.09. The second kappa shape index (κ2) is 4.95. The highest BCUT2D eigenvalue weighted by Gasteiger charge is 2.21. The highest BCUT2D eigenvalue weighted by Crippen LogP contribution is 2.32. The lowest BCUT2D eigenvalue weighted by Crippen LogP contribution is -2.25. The number of aryl methyl sites for hydroxylation is 1. The van der Waals surface area contributed by atoms with E-state index in [4.69, 9.17) is 4.74 Å². The molecule has 1 aromatic rings. The maximum atomic E-state index is 6.01. The minimum absolute atomic E-state index is 0.182. The number of benzene rings is 1. The Labute approximate surface area is 104 Å². The van der Waals surface area contributed by atoms with Crippen LogP contribution < -0.4 is 4.74 Å². The third-order valence-corrected chi connectivity index (χ3v) is 2.93. The molecule has 0 amide bonds. The van der Waals surface area contributed by atoms with Crippen molar-refractivity contribution in [3.05, 3.63) is 41.5 Å². The zero-order valence-corrected chi connectivity index (χ0v) is 11.1. The quantitative estimate of drug-likeness (QED) is 0.676. The molecule has 2 rings (SSSR count). The third kappa shape index (κ3) is 3.92. The van der Waals surface area contributed by atoms with Gasteiger partial charge in [-0.25, -0.2) is 0 Å². The smallest absolute Gasteiger partial charge is 0.122 e. The van der Waals surface area contributed by atoms with Gasteiger partial charge in [0.25, 0.3) is 0 Å². The number of ether oxygens (including phenoxy) is 1. The van der Waals surface area contributed by atoms with Crippen molar-refractivity contribution in [2.45, 2.75) is 52.1 Å². The molecule has 1 aliphatic carbocycles. The van der Waals surface area contributed by atoms with E-state index in [2.05, 4.69) is 51.1 Å². The summed E-state index contributed by atoms with van der Waals surface area (Å²) in [6.45, 7) is 6.45. The highest BCUT2D eigenvalue weighted by atomic mass is 16.5. The summed E-state index contributed by atoms with van der Waals surface area (Å²) in [6, 6.07) is 8.49. The summed E-state index contributed by atoms with van der Waals surface area (Å²) in [5.74, 6) is 0.965. The lowest BCUT2D eigenvalue weighted by atomic mass is 10.1. The van der Waals surface area contributed by atoms with E-state index in [0.29, 0.717) is 0 Å². The van der Waals surface area contributed by atoms with E-state index < -0.39 is 0 Å².